The summed E-state index contributed by atoms with van der Waals surface area (Å²) in [6, 6.07) is 3.93. The highest BCUT2D eigenvalue weighted by Crippen LogP contribution is 2.26. The van der Waals surface area contributed by atoms with Gasteiger partial charge in [0.05, 0.1) is 15.6 Å². The number of nitro benzene ring substituents is 1. The SMILES string of the molecule is CCCC(=O)Nc1cc([N+](=O)[O-])ccc1Cl. The van der Waals surface area contributed by atoms with Gasteiger partial charge in [-0.2, -0.15) is 0 Å². The van der Waals surface area contributed by atoms with Gasteiger partial charge in [-0.05, 0) is 12.5 Å². The van der Waals surface area contributed by atoms with Crippen molar-refractivity contribution in [2.45, 2.75) is 19.8 Å². The van der Waals surface area contributed by atoms with E-state index in [2.05, 4.69) is 5.32 Å². The number of non-ortho nitro benzene ring substituents is 1. The zero-order valence-corrected chi connectivity index (χ0v) is 9.45. The Labute approximate surface area is 97.6 Å². The molecule has 1 aromatic carbocycles. The summed E-state index contributed by atoms with van der Waals surface area (Å²) in [5, 5.41) is 13.3. The summed E-state index contributed by atoms with van der Waals surface area (Å²) < 4.78 is 0. The van der Waals surface area contributed by atoms with Gasteiger partial charge in [0.2, 0.25) is 5.91 Å². The van der Waals surface area contributed by atoms with Crippen LogP contribution < -0.4 is 5.32 Å². The van der Waals surface area contributed by atoms with Crippen LogP contribution in [-0.4, -0.2) is 10.8 Å². The number of hydrogen-bond acceptors (Lipinski definition) is 3. The summed E-state index contributed by atoms with van der Waals surface area (Å²) in [5.74, 6) is -0.204. The van der Waals surface area contributed by atoms with E-state index >= 15 is 0 Å². The van der Waals surface area contributed by atoms with Crippen molar-refractivity contribution in [2.24, 2.45) is 0 Å². The first-order valence-electron chi connectivity index (χ1n) is 4.78. The number of nitrogens with one attached hydrogen (secondary N) is 1. The Balaban J connectivity index is 2.90. The minimum absolute atomic E-state index is 0.101. The minimum Gasteiger partial charge on any atom is -0.325 e. The number of halogens is 1. The minimum atomic E-state index is -0.536. The molecule has 1 rings (SSSR count). The van der Waals surface area contributed by atoms with Crippen LogP contribution in [0.4, 0.5) is 11.4 Å². The van der Waals surface area contributed by atoms with Crippen molar-refractivity contribution in [3.63, 3.8) is 0 Å². The van der Waals surface area contributed by atoms with Crippen molar-refractivity contribution in [1.82, 2.24) is 0 Å². The van der Waals surface area contributed by atoms with Gasteiger partial charge in [0, 0.05) is 18.6 Å². The lowest BCUT2D eigenvalue weighted by atomic mass is 10.2. The van der Waals surface area contributed by atoms with Crippen molar-refractivity contribution in [3.05, 3.63) is 33.3 Å². The Morgan fingerprint density at radius 1 is 1.56 bits per heavy atom. The van der Waals surface area contributed by atoms with Crippen LogP contribution in [0.2, 0.25) is 5.02 Å². The van der Waals surface area contributed by atoms with E-state index in [1.54, 1.807) is 0 Å². The molecule has 0 aliphatic rings. The monoisotopic (exact) mass is 242 g/mol. The molecule has 1 amide bonds. The van der Waals surface area contributed by atoms with Crippen molar-refractivity contribution in [3.8, 4) is 0 Å². The van der Waals surface area contributed by atoms with Gasteiger partial charge in [-0.15, -0.1) is 0 Å². The number of carbonyl (C=O) groups excluding carboxylic acids is 1. The predicted molar refractivity (Wildman–Crippen MR) is 61.6 cm³/mol. The molecule has 0 aliphatic carbocycles. The van der Waals surface area contributed by atoms with E-state index in [1.807, 2.05) is 6.92 Å². The molecule has 5 nitrogen and oxygen atoms in total. The molecule has 16 heavy (non-hydrogen) atoms. The summed E-state index contributed by atoms with van der Waals surface area (Å²) in [4.78, 5) is 21.3. The Hall–Kier alpha value is -1.62. The van der Waals surface area contributed by atoms with E-state index in [4.69, 9.17) is 11.6 Å². The fourth-order valence-electron chi connectivity index (χ4n) is 1.16. The summed E-state index contributed by atoms with van der Waals surface area (Å²) in [6.07, 6.45) is 1.07. The average Bonchev–Trinajstić information content (AvgIpc) is 2.21. The van der Waals surface area contributed by atoms with E-state index in [1.165, 1.54) is 18.2 Å². The first-order valence-corrected chi connectivity index (χ1v) is 5.16. The second-order valence-corrected chi connectivity index (χ2v) is 3.63. The number of nitro groups is 1. The van der Waals surface area contributed by atoms with Crippen LogP contribution in [0.1, 0.15) is 19.8 Å². The smallest absolute Gasteiger partial charge is 0.271 e. The topological polar surface area (TPSA) is 72.2 Å². The number of carbonyl (C=O) groups is 1. The van der Waals surface area contributed by atoms with Crippen LogP contribution in [0.15, 0.2) is 18.2 Å². The molecule has 0 spiro atoms. The van der Waals surface area contributed by atoms with Crippen LogP contribution in [0.3, 0.4) is 0 Å². The molecule has 0 saturated carbocycles. The maximum absolute atomic E-state index is 11.3. The largest absolute Gasteiger partial charge is 0.325 e. The van der Waals surface area contributed by atoms with Crippen LogP contribution in [0.25, 0.3) is 0 Å². The molecule has 86 valence electrons. The van der Waals surface area contributed by atoms with Crippen LogP contribution >= 0.6 is 11.6 Å². The number of rotatable bonds is 4. The molecule has 1 aromatic rings. The van der Waals surface area contributed by atoms with Crippen LogP contribution in [0.5, 0.6) is 0 Å². The number of anilines is 1. The predicted octanol–water partition coefficient (Wildman–Crippen LogP) is 2.99. The third-order valence-electron chi connectivity index (χ3n) is 1.91. The maximum atomic E-state index is 11.3. The third kappa shape index (κ3) is 3.20. The molecule has 0 atom stereocenters. The van der Waals surface area contributed by atoms with Gasteiger partial charge in [0.1, 0.15) is 0 Å². The highest BCUT2D eigenvalue weighted by molar-refractivity contribution is 6.33. The van der Waals surface area contributed by atoms with Gasteiger partial charge in [-0.25, -0.2) is 0 Å². The second-order valence-electron chi connectivity index (χ2n) is 3.22. The Morgan fingerprint density at radius 3 is 2.81 bits per heavy atom. The molecule has 0 unspecified atom stereocenters. The quantitative estimate of drug-likeness (QED) is 0.652. The second kappa shape index (κ2) is 5.46. The first-order chi connectivity index (χ1) is 7.54. The molecule has 0 aromatic heterocycles. The normalized spacial score (nSPS) is 9.88. The molecule has 0 fully saturated rings. The van der Waals surface area contributed by atoms with Gasteiger partial charge in [-0.1, -0.05) is 18.5 Å². The highest BCUT2D eigenvalue weighted by atomic mass is 35.5. The Bertz CT molecular complexity index is 421. The molecule has 6 heteroatoms. The van der Waals surface area contributed by atoms with Crippen LogP contribution in [0, 0.1) is 10.1 Å². The third-order valence-corrected chi connectivity index (χ3v) is 2.24. The lowest BCUT2D eigenvalue weighted by Gasteiger charge is -2.05. The van der Waals surface area contributed by atoms with Gasteiger partial charge in [-0.3, -0.25) is 14.9 Å². The summed E-state index contributed by atoms with van der Waals surface area (Å²) in [5.41, 5.74) is 0.172. The van der Waals surface area contributed by atoms with Gasteiger partial charge >= 0.3 is 0 Å². The van der Waals surface area contributed by atoms with E-state index in [0.29, 0.717) is 12.8 Å². The van der Waals surface area contributed by atoms with E-state index < -0.39 is 4.92 Å². The Kier molecular flexibility index (Phi) is 4.25. The molecular weight excluding hydrogens is 232 g/mol. The highest BCUT2D eigenvalue weighted by Gasteiger charge is 2.11. The zero-order chi connectivity index (χ0) is 12.1. The molecule has 0 bridgehead atoms. The summed E-state index contributed by atoms with van der Waals surface area (Å²) in [6.45, 7) is 1.87. The number of amides is 1. The fourth-order valence-corrected chi connectivity index (χ4v) is 1.33. The van der Waals surface area contributed by atoms with Crippen molar-refractivity contribution in [2.75, 3.05) is 5.32 Å². The molecule has 1 N–H and O–H groups in total. The van der Waals surface area contributed by atoms with Crippen molar-refractivity contribution < 1.29 is 9.72 Å². The lowest BCUT2D eigenvalue weighted by Crippen LogP contribution is -2.11. The first kappa shape index (κ1) is 12.4. The lowest BCUT2D eigenvalue weighted by molar-refractivity contribution is -0.384. The summed E-state index contributed by atoms with van der Waals surface area (Å²) in [7, 11) is 0. The molecule has 0 heterocycles. The van der Waals surface area contributed by atoms with Crippen molar-refractivity contribution >= 4 is 28.9 Å². The Morgan fingerprint density at radius 2 is 2.25 bits per heavy atom. The maximum Gasteiger partial charge on any atom is 0.271 e. The fraction of sp³-hybridized carbons (Fsp3) is 0.300. The van der Waals surface area contributed by atoms with Gasteiger partial charge in [0.15, 0.2) is 0 Å². The van der Waals surface area contributed by atoms with Gasteiger partial charge in [0.25, 0.3) is 5.69 Å². The number of hydrogen-bond donors (Lipinski definition) is 1. The standard InChI is InChI=1S/C10H11ClN2O3/c1-2-3-10(14)12-9-6-7(13(15)16)4-5-8(9)11/h4-6H,2-3H2,1H3,(H,12,14). The zero-order valence-electron chi connectivity index (χ0n) is 8.70. The van der Waals surface area contributed by atoms with Gasteiger partial charge < -0.3 is 5.32 Å². The molecule has 0 saturated heterocycles. The molecular formula is C10H11ClN2O3. The molecule has 0 aliphatic heterocycles. The van der Waals surface area contributed by atoms with Crippen LogP contribution in [-0.2, 0) is 4.79 Å². The van der Waals surface area contributed by atoms with E-state index in [9.17, 15) is 14.9 Å². The average molecular weight is 243 g/mol. The van der Waals surface area contributed by atoms with E-state index in [0.717, 1.165) is 0 Å². The van der Waals surface area contributed by atoms with Crippen molar-refractivity contribution in [1.29, 1.82) is 0 Å². The number of benzene rings is 1. The molecule has 0 radical (unpaired) electrons. The summed E-state index contributed by atoms with van der Waals surface area (Å²) >= 11 is 5.81. The number of nitrogens with zero attached hydrogens (tertiary/aromatic N) is 1. The van der Waals surface area contributed by atoms with E-state index in [-0.39, 0.29) is 22.3 Å².